The number of carbonyl (C=O) groups is 1. The van der Waals surface area contributed by atoms with Gasteiger partial charge in [-0.1, -0.05) is 12.1 Å². The molecule has 206 valence electrons. The molecule has 2 N–H and O–H groups in total. The van der Waals surface area contributed by atoms with Gasteiger partial charge in [0.15, 0.2) is 9.84 Å². The second-order valence-corrected chi connectivity index (χ2v) is 14.6. The molecule has 0 atom stereocenters. The summed E-state index contributed by atoms with van der Waals surface area (Å²) in [6.07, 6.45) is 5.34. The maximum Gasteiger partial charge on any atom is 0.320 e. The second-order valence-electron chi connectivity index (χ2n) is 12.3. The summed E-state index contributed by atoms with van der Waals surface area (Å²) < 4.78 is 38.0. The van der Waals surface area contributed by atoms with Gasteiger partial charge in [0, 0.05) is 12.1 Å². The maximum atomic E-state index is 14.2. The number of benzene rings is 1. The molecule has 1 spiro atoms. The van der Waals surface area contributed by atoms with Crippen molar-refractivity contribution in [2.75, 3.05) is 45.2 Å². The summed E-state index contributed by atoms with van der Waals surface area (Å²) >= 11 is 0. The van der Waals surface area contributed by atoms with E-state index in [1.807, 2.05) is 25.1 Å². The summed E-state index contributed by atoms with van der Waals surface area (Å²) in [4.78, 5) is 19.5. The Bertz CT molecular complexity index is 1130. The predicted molar refractivity (Wildman–Crippen MR) is 138 cm³/mol. The molecule has 0 bridgehead atoms. The molecule has 1 aromatic rings. The smallest absolute Gasteiger partial charge is 0.320 e. The van der Waals surface area contributed by atoms with Crippen molar-refractivity contribution in [2.45, 2.75) is 80.1 Å². The van der Waals surface area contributed by atoms with Gasteiger partial charge in [-0.3, -0.25) is 4.90 Å². The van der Waals surface area contributed by atoms with Crippen LogP contribution in [0.3, 0.4) is 0 Å². The van der Waals surface area contributed by atoms with E-state index in [0.29, 0.717) is 32.2 Å². The lowest BCUT2D eigenvalue weighted by Gasteiger charge is -2.52. The number of nitrogens with zero attached hydrogens (tertiary/aromatic N) is 3. The van der Waals surface area contributed by atoms with Gasteiger partial charge in [-0.05, 0) is 89.6 Å². The molecule has 2 amide bonds. The number of sulfone groups is 1. The first-order valence-corrected chi connectivity index (χ1v) is 15.3. The molecular weight excluding hydrogens is 497 g/mol. The van der Waals surface area contributed by atoms with Gasteiger partial charge in [0.2, 0.25) is 0 Å². The van der Waals surface area contributed by atoms with Crippen LogP contribution in [0.25, 0.3) is 0 Å². The molecule has 2 aliphatic carbocycles. The maximum absolute atomic E-state index is 14.2. The Hall–Kier alpha value is -1.75. The highest BCUT2D eigenvalue weighted by atomic mass is 32.2. The van der Waals surface area contributed by atoms with Crippen LogP contribution in [0.15, 0.2) is 24.3 Å². The standard InChI is InChI=1S/C27H40FN3O5S/c1-29(2)27(21-5-3-6-22(28)17-21)11-9-24(10-12-27)18-30(19-26(34)13-15-37(35,36)16-14-26)23(32)31(24)20-25(33)7-4-8-25/h3,5-6,17,33-34H,4,7-16,18-20H2,1-2H3/t24-,27+. The number of aliphatic hydroxyl groups is 2. The summed E-state index contributed by atoms with van der Waals surface area (Å²) in [5.41, 5.74) is -2.04. The van der Waals surface area contributed by atoms with Gasteiger partial charge < -0.3 is 20.0 Å². The lowest BCUT2D eigenvalue weighted by atomic mass is 9.67. The average molecular weight is 538 g/mol. The Morgan fingerprint density at radius 2 is 1.57 bits per heavy atom. The van der Waals surface area contributed by atoms with Crippen LogP contribution >= 0.6 is 0 Å². The Morgan fingerprint density at radius 1 is 0.946 bits per heavy atom. The van der Waals surface area contributed by atoms with E-state index in [1.165, 1.54) is 6.07 Å². The van der Waals surface area contributed by atoms with Crippen LogP contribution in [-0.4, -0.2) is 101 Å². The van der Waals surface area contributed by atoms with E-state index in [2.05, 4.69) is 4.90 Å². The normalized spacial score (nSPS) is 30.1. The van der Waals surface area contributed by atoms with Crippen molar-refractivity contribution < 1.29 is 27.8 Å². The summed E-state index contributed by atoms with van der Waals surface area (Å²) in [5.74, 6) is -0.407. The molecular formula is C27H40FN3O5S. The highest BCUT2D eigenvalue weighted by Crippen LogP contribution is 2.50. The van der Waals surface area contributed by atoms with E-state index < -0.39 is 26.6 Å². The first-order valence-electron chi connectivity index (χ1n) is 13.4. The minimum absolute atomic E-state index is 0.0703. The number of hydrogen-bond donors (Lipinski definition) is 2. The zero-order chi connectivity index (χ0) is 26.7. The molecule has 37 heavy (non-hydrogen) atoms. The number of amides is 2. The van der Waals surface area contributed by atoms with E-state index in [1.54, 1.807) is 17.0 Å². The average Bonchev–Trinajstić information content (AvgIpc) is 3.06. The monoisotopic (exact) mass is 537 g/mol. The number of halogens is 1. The van der Waals surface area contributed by atoms with Crippen LogP contribution in [0.5, 0.6) is 0 Å². The van der Waals surface area contributed by atoms with E-state index in [9.17, 15) is 27.8 Å². The van der Waals surface area contributed by atoms with E-state index in [4.69, 9.17) is 0 Å². The molecule has 4 aliphatic rings. The van der Waals surface area contributed by atoms with Gasteiger partial charge in [-0.25, -0.2) is 17.6 Å². The second kappa shape index (κ2) is 9.17. The summed E-state index contributed by atoms with van der Waals surface area (Å²) in [7, 11) is 0.873. The quantitative estimate of drug-likeness (QED) is 0.578. The van der Waals surface area contributed by atoms with Gasteiger partial charge in [0.25, 0.3) is 0 Å². The summed E-state index contributed by atoms with van der Waals surface area (Å²) in [6, 6.07) is 6.57. The minimum atomic E-state index is -3.15. The molecule has 2 saturated heterocycles. The lowest BCUT2D eigenvalue weighted by Crippen LogP contribution is -2.59. The highest BCUT2D eigenvalue weighted by Gasteiger charge is 2.57. The van der Waals surface area contributed by atoms with Crippen molar-refractivity contribution in [3.63, 3.8) is 0 Å². The van der Waals surface area contributed by atoms with E-state index >= 15 is 0 Å². The molecule has 10 heteroatoms. The van der Waals surface area contributed by atoms with E-state index in [0.717, 1.165) is 24.8 Å². The van der Waals surface area contributed by atoms with Crippen molar-refractivity contribution in [3.05, 3.63) is 35.6 Å². The minimum Gasteiger partial charge on any atom is -0.388 e. The predicted octanol–water partition coefficient (Wildman–Crippen LogP) is 2.49. The van der Waals surface area contributed by atoms with Gasteiger partial charge in [0.1, 0.15) is 5.82 Å². The van der Waals surface area contributed by atoms with Gasteiger partial charge in [-0.2, -0.15) is 0 Å². The molecule has 4 fully saturated rings. The first kappa shape index (κ1) is 26.8. The van der Waals surface area contributed by atoms with Crippen LogP contribution in [-0.2, 0) is 15.4 Å². The highest BCUT2D eigenvalue weighted by molar-refractivity contribution is 7.91. The van der Waals surface area contributed by atoms with Crippen LogP contribution in [0.4, 0.5) is 9.18 Å². The van der Waals surface area contributed by atoms with Crippen molar-refractivity contribution in [3.8, 4) is 0 Å². The molecule has 0 aromatic heterocycles. The van der Waals surface area contributed by atoms with Crippen molar-refractivity contribution in [1.29, 1.82) is 0 Å². The molecule has 1 aromatic carbocycles. The Labute approximate surface area is 219 Å². The van der Waals surface area contributed by atoms with Crippen molar-refractivity contribution in [2.24, 2.45) is 0 Å². The molecule has 8 nitrogen and oxygen atoms in total. The molecule has 0 unspecified atom stereocenters. The fraction of sp³-hybridized carbons (Fsp3) is 0.741. The third kappa shape index (κ3) is 4.90. The van der Waals surface area contributed by atoms with Crippen LogP contribution in [0, 0.1) is 5.82 Å². The molecule has 0 radical (unpaired) electrons. The van der Waals surface area contributed by atoms with Gasteiger partial charge >= 0.3 is 6.03 Å². The fourth-order valence-corrected chi connectivity index (χ4v) is 8.62. The molecule has 5 rings (SSSR count). The van der Waals surface area contributed by atoms with Crippen LogP contribution in [0.2, 0.25) is 0 Å². The Morgan fingerprint density at radius 3 is 2.11 bits per heavy atom. The number of hydrogen-bond acceptors (Lipinski definition) is 6. The van der Waals surface area contributed by atoms with Crippen LogP contribution in [0.1, 0.15) is 63.4 Å². The summed E-state index contributed by atoms with van der Waals surface area (Å²) in [6.45, 7) is 0.800. The fourth-order valence-electron chi connectivity index (χ4n) is 7.04. The first-order chi connectivity index (χ1) is 17.3. The van der Waals surface area contributed by atoms with E-state index in [-0.39, 0.29) is 54.8 Å². The SMILES string of the molecule is CN(C)[C@]1(c2cccc(F)c2)CC[C@]2(CC1)CN(CC1(O)CCS(=O)(=O)CC1)C(=O)N2CC1(O)CCC1. The number of carbonyl (C=O) groups excluding carboxylic acids is 1. The van der Waals surface area contributed by atoms with Crippen molar-refractivity contribution >= 4 is 15.9 Å². The molecule has 2 saturated carbocycles. The largest absolute Gasteiger partial charge is 0.388 e. The third-order valence-corrected chi connectivity index (χ3v) is 11.4. The topological polar surface area (TPSA) is 101 Å². The zero-order valence-corrected chi connectivity index (χ0v) is 22.8. The number of β-amino-alcohol motifs (C(OH)–C–C–N with tert-alkyl or cyclic N) is 2. The lowest BCUT2D eigenvalue weighted by molar-refractivity contribution is -0.0726. The zero-order valence-electron chi connectivity index (χ0n) is 22.0. The Balaban J connectivity index is 1.40. The number of urea groups is 1. The summed E-state index contributed by atoms with van der Waals surface area (Å²) in [5, 5.41) is 22.2. The number of rotatable bonds is 6. The van der Waals surface area contributed by atoms with Crippen LogP contribution < -0.4 is 0 Å². The van der Waals surface area contributed by atoms with Crippen molar-refractivity contribution in [1.82, 2.24) is 14.7 Å². The van der Waals surface area contributed by atoms with Gasteiger partial charge in [0.05, 0.1) is 41.3 Å². The molecule has 2 aliphatic heterocycles. The van der Waals surface area contributed by atoms with Gasteiger partial charge in [-0.15, -0.1) is 0 Å². The third-order valence-electron chi connectivity index (χ3n) is 9.76. The Kier molecular flexibility index (Phi) is 6.65. The molecule has 2 heterocycles.